The number of imidazole rings is 1. The van der Waals surface area contributed by atoms with E-state index in [1.165, 1.54) is 11.3 Å². The molecule has 1 heterocycles. The highest BCUT2D eigenvalue weighted by atomic mass is 15.1. The molecule has 2 rings (SSSR count). The van der Waals surface area contributed by atoms with Gasteiger partial charge in [0.25, 0.3) is 0 Å². The number of aromatic nitrogens is 2. The van der Waals surface area contributed by atoms with E-state index in [1.807, 2.05) is 25.7 Å². The molecule has 4 heteroatoms. The number of hydrogen-bond acceptors (Lipinski definition) is 3. The van der Waals surface area contributed by atoms with Crippen LogP contribution in [0.2, 0.25) is 0 Å². The maximum absolute atomic E-state index is 9.00. The minimum Gasteiger partial charge on any atom is -0.378 e. The van der Waals surface area contributed by atoms with Crippen LogP contribution in [0.3, 0.4) is 0 Å². The van der Waals surface area contributed by atoms with Gasteiger partial charge >= 0.3 is 0 Å². The van der Waals surface area contributed by atoms with E-state index in [1.54, 1.807) is 6.33 Å². The number of nitrogens with zero attached hydrogens (tertiary/aromatic N) is 4. The van der Waals surface area contributed by atoms with E-state index in [-0.39, 0.29) is 0 Å². The first-order valence-corrected chi connectivity index (χ1v) is 6.28. The van der Waals surface area contributed by atoms with Crippen LogP contribution in [0.15, 0.2) is 30.6 Å². The minimum absolute atomic E-state index is 0.535. The van der Waals surface area contributed by atoms with Crippen molar-refractivity contribution in [3.8, 4) is 6.07 Å². The molecule has 0 spiro atoms. The summed E-state index contributed by atoms with van der Waals surface area (Å²) in [6.07, 6.45) is 3.45. The molecule has 0 saturated heterocycles. The van der Waals surface area contributed by atoms with Gasteiger partial charge in [0.05, 0.1) is 12.0 Å². The lowest BCUT2D eigenvalue weighted by Crippen LogP contribution is -2.08. The Labute approximate surface area is 113 Å². The molecule has 0 N–H and O–H groups in total. The summed E-state index contributed by atoms with van der Waals surface area (Å²) in [5.74, 6) is 0. The molecule has 4 nitrogen and oxygen atoms in total. The maximum atomic E-state index is 9.00. The average molecular weight is 254 g/mol. The number of nitriles is 1. The van der Waals surface area contributed by atoms with Crippen molar-refractivity contribution in [3.05, 3.63) is 47.5 Å². The van der Waals surface area contributed by atoms with Gasteiger partial charge in [-0.1, -0.05) is 12.1 Å². The lowest BCUT2D eigenvalue weighted by molar-refractivity contribution is 0.796. The summed E-state index contributed by atoms with van der Waals surface area (Å²) in [5, 5.41) is 9.00. The van der Waals surface area contributed by atoms with Gasteiger partial charge in [-0.05, 0) is 30.5 Å². The van der Waals surface area contributed by atoms with Crippen molar-refractivity contribution in [1.82, 2.24) is 9.55 Å². The van der Waals surface area contributed by atoms with Gasteiger partial charge in [0.1, 0.15) is 6.07 Å². The lowest BCUT2D eigenvalue weighted by Gasteiger charge is -2.12. The van der Waals surface area contributed by atoms with Crippen LogP contribution in [0, 0.1) is 11.3 Å². The van der Waals surface area contributed by atoms with Gasteiger partial charge in [0, 0.05) is 26.8 Å². The minimum atomic E-state index is 0.535. The van der Waals surface area contributed by atoms with Crippen LogP contribution >= 0.6 is 0 Å². The van der Waals surface area contributed by atoms with Crippen molar-refractivity contribution >= 4 is 5.69 Å². The van der Waals surface area contributed by atoms with Crippen molar-refractivity contribution in [3.63, 3.8) is 0 Å². The lowest BCUT2D eigenvalue weighted by atomic mass is 10.1. The molecule has 0 radical (unpaired) electrons. The van der Waals surface area contributed by atoms with E-state index in [0.717, 1.165) is 18.5 Å². The van der Waals surface area contributed by atoms with Crippen LogP contribution in [0.4, 0.5) is 5.69 Å². The van der Waals surface area contributed by atoms with Gasteiger partial charge in [0.2, 0.25) is 0 Å². The normalized spacial score (nSPS) is 10.2. The molecule has 0 bridgehead atoms. The van der Waals surface area contributed by atoms with E-state index in [0.29, 0.717) is 5.69 Å². The zero-order chi connectivity index (χ0) is 13.8. The number of aryl methyl sites for hydroxylation is 2. The smallest absolute Gasteiger partial charge is 0.161 e. The zero-order valence-electron chi connectivity index (χ0n) is 11.6. The van der Waals surface area contributed by atoms with E-state index >= 15 is 0 Å². The molecule has 0 aliphatic heterocycles. The molecule has 0 aliphatic carbocycles. The second-order valence-electron chi connectivity index (χ2n) is 4.82. The Morgan fingerprint density at radius 1 is 1.21 bits per heavy atom. The number of benzene rings is 1. The van der Waals surface area contributed by atoms with Crippen LogP contribution < -0.4 is 4.90 Å². The molecule has 98 valence electrons. The van der Waals surface area contributed by atoms with E-state index < -0.39 is 0 Å². The molecule has 0 unspecified atom stereocenters. The Kier molecular flexibility index (Phi) is 3.86. The van der Waals surface area contributed by atoms with Crippen LogP contribution in [-0.2, 0) is 19.9 Å². The summed E-state index contributed by atoms with van der Waals surface area (Å²) in [5.41, 5.74) is 4.00. The van der Waals surface area contributed by atoms with Gasteiger partial charge in [-0.15, -0.1) is 0 Å². The predicted octanol–water partition coefficient (Wildman–Crippen LogP) is 2.14. The third-order valence-corrected chi connectivity index (χ3v) is 3.27. The SMILES string of the molecule is CN(C)c1ccc(CCc2c(C#N)ncn2C)cc1. The fourth-order valence-corrected chi connectivity index (χ4v) is 2.07. The fraction of sp³-hybridized carbons (Fsp3) is 0.333. The molecule has 1 aromatic heterocycles. The third kappa shape index (κ3) is 2.94. The van der Waals surface area contributed by atoms with Gasteiger partial charge < -0.3 is 9.47 Å². The van der Waals surface area contributed by atoms with Crippen LogP contribution in [0.1, 0.15) is 17.0 Å². The maximum Gasteiger partial charge on any atom is 0.161 e. The van der Waals surface area contributed by atoms with Gasteiger partial charge in [-0.25, -0.2) is 4.98 Å². The predicted molar refractivity (Wildman–Crippen MR) is 76.1 cm³/mol. The van der Waals surface area contributed by atoms with Crippen molar-refractivity contribution in [2.45, 2.75) is 12.8 Å². The Morgan fingerprint density at radius 2 is 1.89 bits per heavy atom. The van der Waals surface area contributed by atoms with Crippen molar-refractivity contribution in [2.75, 3.05) is 19.0 Å². The van der Waals surface area contributed by atoms with E-state index in [9.17, 15) is 0 Å². The summed E-state index contributed by atoms with van der Waals surface area (Å²) >= 11 is 0. The van der Waals surface area contributed by atoms with E-state index in [2.05, 4.69) is 40.2 Å². The summed E-state index contributed by atoms with van der Waals surface area (Å²) < 4.78 is 1.92. The highest BCUT2D eigenvalue weighted by Crippen LogP contribution is 2.15. The highest BCUT2D eigenvalue weighted by molar-refractivity contribution is 5.46. The van der Waals surface area contributed by atoms with Crippen LogP contribution in [0.25, 0.3) is 0 Å². The second kappa shape index (κ2) is 5.57. The zero-order valence-corrected chi connectivity index (χ0v) is 11.6. The Bertz CT molecular complexity index is 588. The molecular formula is C15H18N4. The Hall–Kier alpha value is -2.28. The molecule has 0 fully saturated rings. The quantitative estimate of drug-likeness (QED) is 0.839. The molecule has 0 aliphatic rings. The first-order valence-electron chi connectivity index (χ1n) is 6.28. The summed E-state index contributed by atoms with van der Waals surface area (Å²) in [6.45, 7) is 0. The van der Waals surface area contributed by atoms with Crippen LogP contribution in [0.5, 0.6) is 0 Å². The molecule has 1 aromatic carbocycles. The summed E-state index contributed by atoms with van der Waals surface area (Å²) in [6, 6.07) is 10.6. The summed E-state index contributed by atoms with van der Waals surface area (Å²) in [7, 11) is 5.99. The van der Waals surface area contributed by atoms with Crippen LogP contribution in [-0.4, -0.2) is 23.6 Å². The molecule has 0 saturated carbocycles. The largest absolute Gasteiger partial charge is 0.378 e. The molecule has 0 amide bonds. The molecular weight excluding hydrogens is 236 g/mol. The number of rotatable bonds is 4. The second-order valence-corrected chi connectivity index (χ2v) is 4.82. The van der Waals surface area contributed by atoms with Gasteiger partial charge in [-0.3, -0.25) is 0 Å². The summed E-state index contributed by atoms with van der Waals surface area (Å²) in [4.78, 5) is 6.16. The first kappa shape index (κ1) is 13.2. The topological polar surface area (TPSA) is 44.9 Å². The van der Waals surface area contributed by atoms with E-state index in [4.69, 9.17) is 5.26 Å². The monoisotopic (exact) mass is 254 g/mol. The van der Waals surface area contributed by atoms with Gasteiger partial charge in [0.15, 0.2) is 5.69 Å². The van der Waals surface area contributed by atoms with Gasteiger partial charge in [-0.2, -0.15) is 5.26 Å². The van der Waals surface area contributed by atoms with Crippen molar-refractivity contribution in [2.24, 2.45) is 7.05 Å². The van der Waals surface area contributed by atoms with Crippen molar-refractivity contribution in [1.29, 1.82) is 5.26 Å². The molecule has 2 aromatic rings. The number of anilines is 1. The Morgan fingerprint density at radius 3 is 2.47 bits per heavy atom. The molecule has 0 atom stereocenters. The van der Waals surface area contributed by atoms with Crippen molar-refractivity contribution < 1.29 is 0 Å². The Balaban J connectivity index is 2.06. The standard InChI is InChI=1S/C15H18N4/c1-18(2)13-7-4-12(5-8-13)6-9-15-14(10-16)17-11-19(15)3/h4-5,7-8,11H,6,9H2,1-3H3. The molecule has 19 heavy (non-hydrogen) atoms. The average Bonchev–Trinajstić information content (AvgIpc) is 2.77. The first-order chi connectivity index (χ1) is 9.11. The fourth-order valence-electron chi connectivity index (χ4n) is 2.07. The third-order valence-electron chi connectivity index (χ3n) is 3.27. The highest BCUT2D eigenvalue weighted by Gasteiger charge is 2.08. The number of hydrogen-bond donors (Lipinski definition) is 0.